The maximum absolute atomic E-state index is 12.5. The highest BCUT2D eigenvalue weighted by Gasteiger charge is 2.15. The average Bonchev–Trinajstić information content (AvgIpc) is 2.68. The number of benzene rings is 2. The van der Waals surface area contributed by atoms with Crippen LogP contribution in [0.4, 0.5) is 11.4 Å². The fraction of sp³-hybridized carbons (Fsp3) is 0.190. The summed E-state index contributed by atoms with van der Waals surface area (Å²) in [5, 5.41) is 10.4. The maximum Gasteiger partial charge on any atom is 0.255 e. The van der Waals surface area contributed by atoms with Crippen molar-refractivity contribution in [2.24, 2.45) is 22.2 Å². The van der Waals surface area contributed by atoms with Crippen molar-refractivity contribution in [3.63, 3.8) is 0 Å². The lowest BCUT2D eigenvalue weighted by atomic mass is 9.95. The Morgan fingerprint density at radius 1 is 1.14 bits per heavy atom. The number of nitrogens with one attached hydrogen (secondary N) is 2. The lowest BCUT2D eigenvalue weighted by molar-refractivity contribution is 0.102. The molecule has 0 bridgehead atoms. The fourth-order valence-corrected chi connectivity index (χ4v) is 3.27. The molecular formula is C21H25N7O. The molecular weight excluding hydrogens is 366 g/mol. The second kappa shape index (κ2) is 8.47. The Bertz CT molecular complexity index is 989. The van der Waals surface area contributed by atoms with E-state index in [1.54, 1.807) is 24.3 Å². The van der Waals surface area contributed by atoms with Gasteiger partial charge in [0.25, 0.3) is 5.91 Å². The first-order chi connectivity index (χ1) is 13.8. The molecule has 0 saturated heterocycles. The standard InChI is InChI=1S/C21H25N7O/c1-13-12-17(6-7-18(13)14-8-10-28(11-9-14)21(24)25)26-19(29)15-2-4-16(5-3-15)27-20(22)23/h2-8,12H,9-11H2,1H3,(H3,24,25)(H,26,29)(H4,22,23,27). The first-order valence-corrected chi connectivity index (χ1v) is 9.23. The summed E-state index contributed by atoms with van der Waals surface area (Å²) >= 11 is 0. The van der Waals surface area contributed by atoms with Crippen molar-refractivity contribution in [2.45, 2.75) is 13.3 Å². The molecule has 0 saturated carbocycles. The molecule has 150 valence electrons. The number of aliphatic imine (C=N–C) groups is 1. The van der Waals surface area contributed by atoms with Gasteiger partial charge in [-0.2, -0.15) is 0 Å². The van der Waals surface area contributed by atoms with Crippen molar-refractivity contribution in [2.75, 3.05) is 18.4 Å². The zero-order valence-electron chi connectivity index (χ0n) is 16.3. The van der Waals surface area contributed by atoms with Crippen LogP contribution in [0.15, 0.2) is 53.5 Å². The minimum Gasteiger partial charge on any atom is -0.370 e. The van der Waals surface area contributed by atoms with Gasteiger partial charge in [0.15, 0.2) is 11.9 Å². The first kappa shape index (κ1) is 19.9. The summed E-state index contributed by atoms with van der Waals surface area (Å²) in [4.78, 5) is 18.3. The van der Waals surface area contributed by atoms with Crippen LogP contribution < -0.4 is 22.5 Å². The largest absolute Gasteiger partial charge is 0.370 e. The van der Waals surface area contributed by atoms with Gasteiger partial charge in [0.1, 0.15) is 0 Å². The Morgan fingerprint density at radius 3 is 2.41 bits per heavy atom. The molecule has 8 heteroatoms. The van der Waals surface area contributed by atoms with Crippen LogP contribution in [0.5, 0.6) is 0 Å². The Hall–Kier alpha value is -3.81. The highest BCUT2D eigenvalue weighted by Crippen LogP contribution is 2.27. The van der Waals surface area contributed by atoms with E-state index >= 15 is 0 Å². The molecule has 3 rings (SSSR count). The van der Waals surface area contributed by atoms with Crippen molar-refractivity contribution in [3.05, 3.63) is 65.2 Å². The van der Waals surface area contributed by atoms with E-state index in [1.807, 2.05) is 30.0 Å². The molecule has 0 aliphatic carbocycles. The van der Waals surface area contributed by atoms with Crippen molar-refractivity contribution in [1.29, 1.82) is 5.41 Å². The van der Waals surface area contributed by atoms with Crippen LogP contribution in [0.2, 0.25) is 0 Å². The van der Waals surface area contributed by atoms with Crippen LogP contribution in [-0.2, 0) is 0 Å². The number of nitrogens with zero attached hydrogens (tertiary/aromatic N) is 2. The highest BCUT2D eigenvalue weighted by atomic mass is 16.1. The summed E-state index contributed by atoms with van der Waals surface area (Å²) in [7, 11) is 0. The van der Waals surface area contributed by atoms with Crippen LogP contribution in [0.3, 0.4) is 0 Å². The quantitative estimate of drug-likeness (QED) is 0.400. The van der Waals surface area contributed by atoms with Crippen LogP contribution in [0, 0.1) is 12.3 Å². The van der Waals surface area contributed by atoms with E-state index in [9.17, 15) is 4.79 Å². The third-order valence-electron chi connectivity index (χ3n) is 4.77. The predicted molar refractivity (Wildman–Crippen MR) is 117 cm³/mol. The number of hydrogen-bond acceptors (Lipinski definition) is 3. The van der Waals surface area contributed by atoms with Crippen LogP contribution in [-0.4, -0.2) is 35.8 Å². The number of guanidine groups is 2. The maximum atomic E-state index is 12.5. The lowest BCUT2D eigenvalue weighted by Gasteiger charge is -2.27. The smallest absolute Gasteiger partial charge is 0.255 e. The third kappa shape index (κ3) is 4.92. The zero-order valence-corrected chi connectivity index (χ0v) is 16.3. The summed E-state index contributed by atoms with van der Waals surface area (Å²) < 4.78 is 0. The Morgan fingerprint density at radius 2 is 1.86 bits per heavy atom. The van der Waals surface area contributed by atoms with E-state index in [1.165, 1.54) is 5.57 Å². The molecule has 0 radical (unpaired) electrons. The average molecular weight is 391 g/mol. The van der Waals surface area contributed by atoms with Gasteiger partial charge in [0, 0.05) is 24.3 Å². The second-order valence-electron chi connectivity index (χ2n) is 6.88. The number of carbonyl (C=O) groups is 1. The van der Waals surface area contributed by atoms with E-state index in [2.05, 4.69) is 16.4 Å². The second-order valence-corrected chi connectivity index (χ2v) is 6.88. The van der Waals surface area contributed by atoms with Crippen molar-refractivity contribution in [1.82, 2.24) is 4.90 Å². The molecule has 8 N–H and O–H groups in total. The summed E-state index contributed by atoms with van der Waals surface area (Å²) in [5.41, 5.74) is 21.5. The lowest BCUT2D eigenvalue weighted by Crippen LogP contribution is -2.39. The SMILES string of the molecule is Cc1cc(NC(=O)c2ccc(N=C(N)N)cc2)ccc1C1=CCN(C(=N)N)CC1. The molecule has 0 spiro atoms. The van der Waals surface area contributed by atoms with Crippen LogP contribution in [0.25, 0.3) is 5.57 Å². The van der Waals surface area contributed by atoms with Crippen molar-refractivity contribution in [3.8, 4) is 0 Å². The Labute approximate surface area is 169 Å². The third-order valence-corrected chi connectivity index (χ3v) is 4.77. The number of hydrogen-bond donors (Lipinski definition) is 5. The van der Waals surface area contributed by atoms with Gasteiger partial charge in [-0.05, 0) is 66.4 Å². The van der Waals surface area contributed by atoms with Gasteiger partial charge < -0.3 is 27.4 Å². The van der Waals surface area contributed by atoms with Gasteiger partial charge >= 0.3 is 0 Å². The van der Waals surface area contributed by atoms with Gasteiger partial charge in [-0.3, -0.25) is 10.2 Å². The number of aryl methyl sites for hydroxylation is 1. The van der Waals surface area contributed by atoms with Gasteiger partial charge in [0.05, 0.1) is 5.69 Å². The normalized spacial score (nSPS) is 13.4. The molecule has 1 heterocycles. The zero-order chi connectivity index (χ0) is 21.0. The summed E-state index contributed by atoms with van der Waals surface area (Å²) in [6.45, 7) is 3.39. The van der Waals surface area contributed by atoms with E-state index in [-0.39, 0.29) is 17.8 Å². The van der Waals surface area contributed by atoms with Gasteiger partial charge in [-0.25, -0.2) is 4.99 Å². The van der Waals surface area contributed by atoms with Crippen LogP contribution in [0.1, 0.15) is 27.9 Å². The first-order valence-electron chi connectivity index (χ1n) is 9.23. The van der Waals surface area contributed by atoms with Crippen LogP contribution >= 0.6 is 0 Å². The van der Waals surface area contributed by atoms with E-state index < -0.39 is 0 Å². The van der Waals surface area contributed by atoms with E-state index in [0.29, 0.717) is 17.8 Å². The molecule has 0 fully saturated rings. The van der Waals surface area contributed by atoms with Gasteiger partial charge in [-0.15, -0.1) is 0 Å². The monoisotopic (exact) mass is 391 g/mol. The van der Waals surface area contributed by atoms with E-state index in [4.69, 9.17) is 22.6 Å². The molecule has 8 nitrogen and oxygen atoms in total. The molecule has 0 aromatic heterocycles. The molecule has 29 heavy (non-hydrogen) atoms. The van der Waals surface area contributed by atoms with Gasteiger partial charge in [0.2, 0.25) is 0 Å². The Balaban J connectivity index is 1.70. The molecule has 2 aromatic rings. The van der Waals surface area contributed by atoms with Crippen molar-refractivity contribution >= 4 is 34.8 Å². The molecule has 1 aliphatic heterocycles. The molecule has 1 aliphatic rings. The topological polar surface area (TPSA) is 147 Å². The minimum atomic E-state index is -0.206. The van der Waals surface area contributed by atoms with Crippen molar-refractivity contribution < 1.29 is 4.79 Å². The fourth-order valence-electron chi connectivity index (χ4n) is 3.27. The summed E-state index contributed by atoms with van der Waals surface area (Å²) in [6, 6.07) is 12.6. The minimum absolute atomic E-state index is 0.0279. The van der Waals surface area contributed by atoms with E-state index in [0.717, 1.165) is 29.8 Å². The Kier molecular flexibility index (Phi) is 5.82. The molecule has 2 aromatic carbocycles. The predicted octanol–water partition coefficient (Wildman–Crippen LogP) is 2.13. The molecule has 0 unspecified atom stereocenters. The number of rotatable bonds is 4. The molecule has 1 amide bonds. The summed E-state index contributed by atoms with van der Waals surface area (Å²) in [5.74, 6) is -0.136. The highest BCUT2D eigenvalue weighted by molar-refractivity contribution is 6.04. The number of anilines is 1. The molecule has 0 atom stereocenters. The van der Waals surface area contributed by atoms with Gasteiger partial charge in [-0.1, -0.05) is 12.1 Å². The number of nitrogens with two attached hydrogens (primary N) is 3. The summed E-state index contributed by atoms with van der Waals surface area (Å²) in [6.07, 6.45) is 2.93. The number of amides is 1. The number of carbonyl (C=O) groups excluding carboxylic acids is 1.